The molecule has 0 saturated carbocycles. The normalized spacial score (nSPS) is 10.2. The molecule has 0 atom stereocenters. The number of amides is 2. The molecule has 1 rings (SSSR count). The Morgan fingerprint density at radius 3 is 2.36 bits per heavy atom. The number of carbonyl (C=O) groups is 3. The Labute approximate surface area is 149 Å². The maximum absolute atomic E-state index is 12.5. The lowest BCUT2D eigenvalue weighted by atomic mass is 10.1. The van der Waals surface area contributed by atoms with Crippen LogP contribution in [0.1, 0.15) is 37.3 Å². The van der Waals surface area contributed by atoms with Gasteiger partial charge in [0.25, 0.3) is 0 Å². The van der Waals surface area contributed by atoms with Crippen LogP contribution in [0.15, 0.2) is 24.3 Å². The predicted molar refractivity (Wildman–Crippen MR) is 96.0 cm³/mol. The van der Waals surface area contributed by atoms with Crippen molar-refractivity contribution in [3.05, 3.63) is 35.4 Å². The van der Waals surface area contributed by atoms with Crippen LogP contribution in [0.5, 0.6) is 0 Å². The van der Waals surface area contributed by atoms with Crippen LogP contribution in [0.25, 0.3) is 0 Å². The van der Waals surface area contributed by atoms with Gasteiger partial charge in [0.2, 0.25) is 11.8 Å². The van der Waals surface area contributed by atoms with Gasteiger partial charge in [0.05, 0.1) is 13.5 Å². The molecule has 1 aromatic rings. The lowest BCUT2D eigenvalue weighted by Crippen LogP contribution is -2.36. The van der Waals surface area contributed by atoms with Crippen LogP contribution < -0.4 is 5.32 Å². The van der Waals surface area contributed by atoms with E-state index in [1.807, 2.05) is 31.2 Å². The highest BCUT2D eigenvalue weighted by atomic mass is 16.5. The number of rotatable bonds is 10. The Hall–Kier alpha value is -2.37. The predicted octanol–water partition coefficient (Wildman–Crippen LogP) is 1.85. The first kappa shape index (κ1) is 20.7. The molecule has 0 heterocycles. The molecule has 0 aromatic heterocycles. The van der Waals surface area contributed by atoms with Gasteiger partial charge in [-0.25, -0.2) is 0 Å². The zero-order valence-corrected chi connectivity index (χ0v) is 15.3. The van der Waals surface area contributed by atoms with Gasteiger partial charge in [-0.3, -0.25) is 14.4 Å². The molecule has 138 valence electrons. The van der Waals surface area contributed by atoms with Crippen molar-refractivity contribution in [1.82, 2.24) is 10.2 Å². The number of hydrogen-bond donors (Lipinski definition) is 1. The lowest BCUT2D eigenvalue weighted by molar-refractivity contribution is -0.141. The highest BCUT2D eigenvalue weighted by Gasteiger charge is 2.15. The summed E-state index contributed by atoms with van der Waals surface area (Å²) in [5.74, 6) is -0.419. The van der Waals surface area contributed by atoms with Crippen LogP contribution in [0.4, 0.5) is 0 Å². The van der Waals surface area contributed by atoms with Crippen LogP contribution in [0, 0.1) is 6.92 Å². The first-order chi connectivity index (χ1) is 11.9. The van der Waals surface area contributed by atoms with Gasteiger partial charge >= 0.3 is 5.97 Å². The van der Waals surface area contributed by atoms with Gasteiger partial charge in [0, 0.05) is 33.0 Å². The van der Waals surface area contributed by atoms with Crippen molar-refractivity contribution < 1.29 is 19.1 Å². The molecule has 6 nitrogen and oxygen atoms in total. The fourth-order valence-electron chi connectivity index (χ4n) is 2.39. The molecular formula is C19H28N2O4. The molecule has 0 aliphatic rings. The molecule has 0 fully saturated rings. The maximum Gasteiger partial charge on any atom is 0.307 e. The maximum atomic E-state index is 12.5. The minimum absolute atomic E-state index is 0.00676. The molecule has 1 N–H and O–H groups in total. The molecule has 2 amide bonds. The van der Waals surface area contributed by atoms with E-state index in [-0.39, 0.29) is 24.2 Å². The quantitative estimate of drug-likeness (QED) is 0.517. The third-order valence-corrected chi connectivity index (χ3v) is 3.89. The van der Waals surface area contributed by atoms with Gasteiger partial charge < -0.3 is 15.0 Å². The van der Waals surface area contributed by atoms with Crippen LogP contribution >= 0.6 is 0 Å². The minimum atomic E-state index is -0.335. The molecule has 6 heteroatoms. The summed E-state index contributed by atoms with van der Waals surface area (Å²) < 4.78 is 4.64. The van der Waals surface area contributed by atoms with Crippen molar-refractivity contribution in [2.75, 3.05) is 26.7 Å². The molecule has 0 saturated heterocycles. The molecule has 1 aromatic carbocycles. The summed E-state index contributed by atoms with van der Waals surface area (Å²) in [5, 5.41) is 2.71. The first-order valence-corrected chi connectivity index (χ1v) is 8.57. The van der Waals surface area contributed by atoms with Crippen molar-refractivity contribution in [2.24, 2.45) is 0 Å². The van der Waals surface area contributed by atoms with Crippen LogP contribution in [-0.2, 0) is 25.5 Å². The van der Waals surface area contributed by atoms with Crippen LogP contribution in [0.3, 0.4) is 0 Å². The number of aryl methyl sites for hydroxylation is 2. The van der Waals surface area contributed by atoms with Gasteiger partial charge in [-0.05, 0) is 25.3 Å². The summed E-state index contributed by atoms with van der Waals surface area (Å²) in [6.07, 6.45) is 1.88. The standard InChI is InChI=1S/C19H28N2O4/c1-15-5-7-17(8-6-15)9-10-18(23)21(14-11-19(24)25-3)13-4-12-20-16(2)22/h5-8H,4,9-14H2,1-3H3,(H,20,22). The second-order valence-electron chi connectivity index (χ2n) is 6.03. The summed E-state index contributed by atoms with van der Waals surface area (Å²) in [6.45, 7) is 4.83. The summed E-state index contributed by atoms with van der Waals surface area (Å²) >= 11 is 0. The van der Waals surface area contributed by atoms with Crippen molar-refractivity contribution in [3.63, 3.8) is 0 Å². The Bertz CT molecular complexity index is 569. The molecular weight excluding hydrogens is 320 g/mol. The number of nitrogens with one attached hydrogen (secondary N) is 1. The van der Waals surface area contributed by atoms with Gasteiger partial charge in [-0.2, -0.15) is 0 Å². The molecule has 0 unspecified atom stereocenters. The van der Waals surface area contributed by atoms with E-state index in [4.69, 9.17) is 0 Å². The Morgan fingerprint density at radius 2 is 1.76 bits per heavy atom. The van der Waals surface area contributed by atoms with Gasteiger partial charge in [-0.15, -0.1) is 0 Å². The number of methoxy groups -OCH3 is 1. The van der Waals surface area contributed by atoms with Crippen molar-refractivity contribution in [1.29, 1.82) is 0 Å². The van der Waals surface area contributed by atoms with E-state index in [0.29, 0.717) is 38.9 Å². The smallest absolute Gasteiger partial charge is 0.307 e. The largest absolute Gasteiger partial charge is 0.469 e. The molecule has 0 aliphatic carbocycles. The average Bonchev–Trinajstić information content (AvgIpc) is 2.59. The van der Waals surface area contributed by atoms with E-state index in [1.54, 1.807) is 4.90 Å². The fraction of sp³-hybridized carbons (Fsp3) is 0.526. The molecule has 0 radical (unpaired) electrons. The second kappa shape index (κ2) is 11.2. The van der Waals surface area contributed by atoms with E-state index in [9.17, 15) is 14.4 Å². The summed E-state index contributed by atoms with van der Waals surface area (Å²) in [4.78, 5) is 36.4. The van der Waals surface area contributed by atoms with Crippen molar-refractivity contribution in [3.8, 4) is 0 Å². The number of nitrogens with zero attached hydrogens (tertiary/aromatic N) is 1. The van der Waals surface area contributed by atoms with Crippen LogP contribution in [-0.4, -0.2) is 49.4 Å². The number of hydrogen-bond acceptors (Lipinski definition) is 4. The number of benzene rings is 1. The third-order valence-electron chi connectivity index (χ3n) is 3.89. The topological polar surface area (TPSA) is 75.7 Å². The summed E-state index contributed by atoms with van der Waals surface area (Å²) in [5.41, 5.74) is 2.30. The Balaban J connectivity index is 2.52. The minimum Gasteiger partial charge on any atom is -0.469 e. The van der Waals surface area contributed by atoms with E-state index in [1.165, 1.54) is 19.6 Å². The second-order valence-corrected chi connectivity index (χ2v) is 6.03. The zero-order valence-electron chi connectivity index (χ0n) is 15.3. The SMILES string of the molecule is COC(=O)CCN(CCCNC(C)=O)C(=O)CCc1ccc(C)cc1. The van der Waals surface area contributed by atoms with Gasteiger partial charge in [0.15, 0.2) is 0 Å². The fourth-order valence-corrected chi connectivity index (χ4v) is 2.39. The first-order valence-electron chi connectivity index (χ1n) is 8.57. The Morgan fingerprint density at radius 1 is 1.08 bits per heavy atom. The number of ether oxygens (including phenoxy) is 1. The van der Waals surface area contributed by atoms with E-state index in [0.717, 1.165) is 5.56 Å². The summed E-state index contributed by atoms with van der Waals surface area (Å²) in [7, 11) is 1.34. The molecule has 0 bridgehead atoms. The molecule has 25 heavy (non-hydrogen) atoms. The molecule has 0 spiro atoms. The van der Waals surface area contributed by atoms with E-state index >= 15 is 0 Å². The average molecular weight is 348 g/mol. The van der Waals surface area contributed by atoms with Gasteiger partial charge in [0.1, 0.15) is 0 Å². The highest BCUT2D eigenvalue weighted by molar-refractivity contribution is 5.77. The number of carbonyl (C=O) groups excluding carboxylic acids is 3. The zero-order chi connectivity index (χ0) is 18.7. The summed E-state index contributed by atoms with van der Waals surface area (Å²) in [6, 6.07) is 8.11. The molecule has 0 aliphatic heterocycles. The Kier molecular flexibility index (Phi) is 9.29. The van der Waals surface area contributed by atoms with Crippen LogP contribution in [0.2, 0.25) is 0 Å². The monoisotopic (exact) mass is 348 g/mol. The van der Waals surface area contributed by atoms with E-state index < -0.39 is 0 Å². The van der Waals surface area contributed by atoms with E-state index in [2.05, 4.69) is 10.1 Å². The van der Waals surface area contributed by atoms with Crippen molar-refractivity contribution in [2.45, 2.75) is 39.5 Å². The van der Waals surface area contributed by atoms with Gasteiger partial charge in [-0.1, -0.05) is 29.8 Å². The number of esters is 1. The third kappa shape index (κ3) is 8.88. The van der Waals surface area contributed by atoms with Crippen molar-refractivity contribution >= 4 is 17.8 Å². The highest BCUT2D eigenvalue weighted by Crippen LogP contribution is 2.08. The lowest BCUT2D eigenvalue weighted by Gasteiger charge is -2.22.